The number of aromatic nitrogens is 2. The van der Waals surface area contributed by atoms with Gasteiger partial charge in [-0.15, -0.1) is 0 Å². The number of hydrogen-bond donors (Lipinski definition) is 2. The van der Waals surface area contributed by atoms with Gasteiger partial charge < -0.3 is 15.5 Å². The second-order valence-electron chi connectivity index (χ2n) is 9.03. The predicted octanol–water partition coefficient (Wildman–Crippen LogP) is 4.66. The fourth-order valence-corrected chi connectivity index (χ4v) is 4.44. The SMILES string of the molecule is CC(=O)c1ccc(CNC[C@H]2CC[C@@H](Nc3nc(N(C)C)c4ccccc4n3)CC2)cc1. The lowest BCUT2D eigenvalue weighted by Crippen LogP contribution is -2.31. The molecular weight excluding hydrogens is 398 g/mol. The van der Waals surface area contributed by atoms with E-state index in [1.54, 1.807) is 6.92 Å². The molecule has 0 amide bonds. The number of benzene rings is 2. The maximum Gasteiger partial charge on any atom is 0.225 e. The van der Waals surface area contributed by atoms with Crippen LogP contribution >= 0.6 is 0 Å². The maximum absolute atomic E-state index is 11.4. The molecule has 2 N–H and O–H groups in total. The topological polar surface area (TPSA) is 70.2 Å². The highest BCUT2D eigenvalue weighted by molar-refractivity contribution is 5.94. The molecule has 3 aromatic rings. The second kappa shape index (κ2) is 10.1. The molecule has 168 valence electrons. The molecule has 4 rings (SSSR count). The van der Waals surface area contributed by atoms with E-state index in [1.165, 1.54) is 18.4 Å². The van der Waals surface area contributed by atoms with Crippen LogP contribution in [0.15, 0.2) is 48.5 Å². The number of carbonyl (C=O) groups is 1. The Kier molecular flexibility index (Phi) is 7.00. The number of nitrogens with zero attached hydrogens (tertiary/aromatic N) is 3. The smallest absolute Gasteiger partial charge is 0.225 e. The van der Waals surface area contributed by atoms with Crippen molar-refractivity contribution in [1.82, 2.24) is 15.3 Å². The van der Waals surface area contributed by atoms with Crippen molar-refractivity contribution in [3.05, 3.63) is 59.7 Å². The summed E-state index contributed by atoms with van der Waals surface area (Å²) in [5.74, 6) is 2.48. The van der Waals surface area contributed by atoms with Crippen molar-refractivity contribution in [2.45, 2.75) is 45.2 Å². The molecular formula is C26H33N5O. The number of nitrogens with one attached hydrogen (secondary N) is 2. The van der Waals surface area contributed by atoms with E-state index in [-0.39, 0.29) is 5.78 Å². The summed E-state index contributed by atoms with van der Waals surface area (Å²) in [5, 5.41) is 8.25. The monoisotopic (exact) mass is 431 g/mol. The summed E-state index contributed by atoms with van der Waals surface area (Å²) in [5.41, 5.74) is 2.96. The average molecular weight is 432 g/mol. The summed E-state index contributed by atoms with van der Waals surface area (Å²) >= 11 is 0. The van der Waals surface area contributed by atoms with Crippen LogP contribution < -0.4 is 15.5 Å². The minimum atomic E-state index is 0.113. The van der Waals surface area contributed by atoms with Gasteiger partial charge in [-0.3, -0.25) is 4.79 Å². The number of fused-ring (bicyclic) bond motifs is 1. The first kappa shape index (κ1) is 22.2. The molecule has 6 heteroatoms. The molecule has 0 saturated heterocycles. The molecule has 1 fully saturated rings. The fourth-order valence-electron chi connectivity index (χ4n) is 4.44. The molecule has 1 saturated carbocycles. The summed E-state index contributed by atoms with van der Waals surface area (Å²) in [4.78, 5) is 23.0. The minimum absolute atomic E-state index is 0.113. The van der Waals surface area contributed by atoms with Crippen LogP contribution in [0.4, 0.5) is 11.8 Å². The Hall–Kier alpha value is -2.99. The third-order valence-corrected chi connectivity index (χ3v) is 6.31. The van der Waals surface area contributed by atoms with Crippen LogP contribution in [-0.2, 0) is 6.54 Å². The predicted molar refractivity (Wildman–Crippen MR) is 131 cm³/mol. The molecule has 6 nitrogen and oxygen atoms in total. The van der Waals surface area contributed by atoms with Gasteiger partial charge in [-0.1, -0.05) is 36.4 Å². The molecule has 1 heterocycles. The Bertz CT molecular complexity index is 1060. The lowest BCUT2D eigenvalue weighted by molar-refractivity contribution is 0.101. The van der Waals surface area contributed by atoms with Crippen molar-refractivity contribution in [3.63, 3.8) is 0 Å². The van der Waals surface area contributed by atoms with Crippen LogP contribution in [0.5, 0.6) is 0 Å². The fraction of sp³-hybridized carbons (Fsp3) is 0.423. The lowest BCUT2D eigenvalue weighted by Gasteiger charge is -2.29. The van der Waals surface area contributed by atoms with E-state index in [0.29, 0.717) is 12.0 Å². The summed E-state index contributed by atoms with van der Waals surface area (Å²) in [6.07, 6.45) is 4.66. The van der Waals surface area contributed by atoms with E-state index in [2.05, 4.69) is 16.7 Å². The third-order valence-electron chi connectivity index (χ3n) is 6.31. The molecule has 2 aromatic carbocycles. The van der Waals surface area contributed by atoms with Gasteiger partial charge in [0.2, 0.25) is 5.95 Å². The second-order valence-corrected chi connectivity index (χ2v) is 9.03. The van der Waals surface area contributed by atoms with Gasteiger partial charge in [0.1, 0.15) is 5.82 Å². The largest absolute Gasteiger partial charge is 0.362 e. The number of hydrogen-bond acceptors (Lipinski definition) is 6. The van der Waals surface area contributed by atoms with Crippen LogP contribution in [0.3, 0.4) is 0 Å². The van der Waals surface area contributed by atoms with Crippen LogP contribution in [0.1, 0.15) is 48.5 Å². The van der Waals surface area contributed by atoms with E-state index in [9.17, 15) is 4.79 Å². The number of Topliss-reactive ketones (excluding diaryl/α,β-unsaturated/α-hetero) is 1. The zero-order valence-electron chi connectivity index (χ0n) is 19.3. The maximum atomic E-state index is 11.4. The van der Waals surface area contributed by atoms with Crippen molar-refractivity contribution < 1.29 is 4.79 Å². The van der Waals surface area contributed by atoms with E-state index < -0.39 is 0 Å². The third kappa shape index (κ3) is 5.43. The van der Waals surface area contributed by atoms with Gasteiger partial charge in [0, 0.05) is 37.6 Å². The molecule has 0 aliphatic heterocycles. The molecule has 1 aliphatic rings. The number of anilines is 2. The first-order valence-corrected chi connectivity index (χ1v) is 11.5. The summed E-state index contributed by atoms with van der Waals surface area (Å²) in [7, 11) is 4.04. The van der Waals surface area contributed by atoms with E-state index in [1.807, 2.05) is 61.5 Å². The Morgan fingerprint density at radius 3 is 2.41 bits per heavy atom. The highest BCUT2D eigenvalue weighted by Crippen LogP contribution is 2.28. The van der Waals surface area contributed by atoms with E-state index in [4.69, 9.17) is 9.97 Å². The zero-order valence-corrected chi connectivity index (χ0v) is 19.3. The van der Waals surface area contributed by atoms with Gasteiger partial charge in [0.05, 0.1) is 5.52 Å². The molecule has 1 aromatic heterocycles. The number of para-hydroxylation sites is 1. The number of carbonyl (C=O) groups excluding carboxylic acids is 1. The number of ketones is 1. The molecule has 1 aliphatic carbocycles. The average Bonchev–Trinajstić information content (AvgIpc) is 2.80. The quantitative estimate of drug-likeness (QED) is 0.506. The Morgan fingerprint density at radius 2 is 1.72 bits per heavy atom. The van der Waals surface area contributed by atoms with Crippen LogP contribution in [0, 0.1) is 5.92 Å². The Balaban J connectivity index is 1.26. The van der Waals surface area contributed by atoms with E-state index >= 15 is 0 Å². The molecule has 0 spiro atoms. The lowest BCUT2D eigenvalue weighted by atomic mass is 9.86. The first-order valence-electron chi connectivity index (χ1n) is 11.5. The normalized spacial score (nSPS) is 18.5. The van der Waals surface area contributed by atoms with Crippen molar-refractivity contribution in [2.75, 3.05) is 30.9 Å². The highest BCUT2D eigenvalue weighted by atomic mass is 16.1. The Labute approximate surface area is 190 Å². The van der Waals surface area contributed by atoms with Crippen LogP contribution in [0.2, 0.25) is 0 Å². The summed E-state index contributed by atoms with van der Waals surface area (Å²) < 4.78 is 0. The van der Waals surface area contributed by atoms with Gasteiger partial charge in [-0.05, 0) is 62.8 Å². The molecule has 32 heavy (non-hydrogen) atoms. The zero-order chi connectivity index (χ0) is 22.5. The highest BCUT2D eigenvalue weighted by Gasteiger charge is 2.22. The van der Waals surface area contributed by atoms with Gasteiger partial charge in [-0.25, -0.2) is 4.98 Å². The molecule has 0 radical (unpaired) electrons. The molecule has 0 atom stereocenters. The van der Waals surface area contributed by atoms with Gasteiger partial charge in [-0.2, -0.15) is 4.98 Å². The molecule has 0 bridgehead atoms. The number of rotatable bonds is 8. The van der Waals surface area contributed by atoms with Crippen molar-refractivity contribution in [2.24, 2.45) is 5.92 Å². The minimum Gasteiger partial charge on any atom is -0.362 e. The van der Waals surface area contributed by atoms with E-state index in [0.717, 1.165) is 54.2 Å². The van der Waals surface area contributed by atoms with Gasteiger partial charge in [0.15, 0.2) is 5.78 Å². The van der Waals surface area contributed by atoms with Crippen molar-refractivity contribution in [3.8, 4) is 0 Å². The van der Waals surface area contributed by atoms with Crippen LogP contribution in [0.25, 0.3) is 10.9 Å². The summed E-state index contributed by atoms with van der Waals surface area (Å²) in [6, 6.07) is 16.5. The first-order chi connectivity index (χ1) is 15.5. The standard InChI is InChI=1S/C26H33N5O/c1-18(32)21-12-8-19(9-13-21)16-27-17-20-10-14-22(15-11-20)28-26-29-24-7-5-4-6-23(24)25(30-26)31(2)3/h4-9,12-13,20,22,27H,10-11,14-17H2,1-3H3,(H,28,29,30)/t20-,22+. The summed E-state index contributed by atoms with van der Waals surface area (Å²) in [6.45, 7) is 3.47. The molecule has 0 unspecified atom stereocenters. The van der Waals surface area contributed by atoms with Gasteiger partial charge >= 0.3 is 0 Å². The van der Waals surface area contributed by atoms with Crippen LogP contribution in [-0.4, -0.2) is 42.4 Å². The Morgan fingerprint density at radius 1 is 1.00 bits per heavy atom. The van der Waals surface area contributed by atoms with Gasteiger partial charge in [0.25, 0.3) is 0 Å². The van der Waals surface area contributed by atoms with Crippen molar-refractivity contribution in [1.29, 1.82) is 0 Å². The van der Waals surface area contributed by atoms with Crippen molar-refractivity contribution >= 4 is 28.5 Å².